The van der Waals surface area contributed by atoms with Crippen molar-refractivity contribution in [2.24, 2.45) is 0 Å². The minimum atomic E-state index is -0.553. The van der Waals surface area contributed by atoms with Crippen LogP contribution < -0.4 is 11.3 Å². The number of nitrogen functional groups attached to an aromatic ring is 1. The Balaban J connectivity index is 0.00000109. The van der Waals surface area contributed by atoms with Crippen LogP contribution in [0.3, 0.4) is 0 Å². The Morgan fingerprint density at radius 2 is 1.96 bits per heavy atom. The van der Waals surface area contributed by atoms with Crippen molar-refractivity contribution in [3.05, 3.63) is 67.8 Å². The van der Waals surface area contributed by atoms with Crippen LogP contribution >= 0.6 is 27.5 Å². The number of nitrogens with zero attached hydrogens (tertiary/aromatic N) is 2. The second-order valence-electron chi connectivity index (χ2n) is 5.17. The first-order valence-corrected chi connectivity index (χ1v) is 8.97. The maximum Gasteiger partial charge on any atom is 0.270 e. The number of aromatic nitrogens is 2. The highest BCUT2D eigenvalue weighted by Gasteiger charge is 2.18. The Labute approximate surface area is 158 Å². The zero-order chi connectivity index (χ0) is 18.7. The van der Waals surface area contributed by atoms with Gasteiger partial charge in [-0.3, -0.25) is 9.36 Å². The first-order chi connectivity index (χ1) is 11.9. The van der Waals surface area contributed by atoms with Crippen molar-refractivity contribution < 1.29 is 4.39 Å². The van der Waals surface area contributed by atoms with Gasteiger partial charge in [0.25, 0.3) is 5.56 Å². The van der Waals surface area contributed by atoms with Crippen LogP contribution in [0.15, 0.2) is 45.8 Å². The minimum absolute atomic E-state index is 0.332. The lowest BCUT2D eigenvalue weighted by Crippen LogP contribution is -2.25. The predicted octanol–water partition coefficient (Wildman–Crippen LogP) is 5.17. The molecule has 2 N–H and O–H groups in total. The van der Waals surface area contributed by atoms with Gasteiger partial charge in [0.15, 0.2) is 0 Å². The quantitative estimate of drug-likeness (QED) is 0.575. The van der Waals surface area contributed by atoms with Crippen LogP contribution in [0.1, 0.15) is 32.4 Å². The first kappa shape index (κ1) is 19.4. The summed E-state index contributed by atoms with van der Waals surface area (Å²) in [4.78, 5) is 16.4. The molecular formula is C18H18BrClFN3O. The molecule has 0 amide bonds. The van der Waals surface area contributed by atoms with Crippen molar-refractivity contribution in [1.29, 1.82) is 0 Å². The standard InChI is InChI=1S/C16H12BrClFN3O.C2H6/c1-8(10-4-9(18)2-3-12(10)19)22-15-5-11(17)13(20)6-14(15)21-7-16(22)23;1-2/h2-8H,20H2,1H3;1-2H3. The highest BCUT2D eigenvalue weighted by Crippen LogP contribution is 2.29. The molecule has 0 aliphatic carbocycles. The zero-order valence-corrected chi connectivity index (χ0v) is 16.4. The number of nitrogens with two attached hydrogens (primary N) is 1. The average Bonchev–Trinajstić information content (AvgIpc) is 2.60. The monoisotopic (exact) mass is 425 g/mol. The van der Waals surface area contributed by atoms with Crippen molar-refractivity contribution >= 4 is 44.3 Å². The van der Waals surface area contributed by atoms with E-state index in [1.54, 1.807) is 19.1 Å². The summed E-state index contributed by atoms with van der Waals surface area (Å²) in [5.74, 6) is -0.423. The van der Waals surface area contributed by atoms with E-state index in [1.165, 1.54) is 29.0 Å². The first-order valence-electron chi connectivity index (χ1n) is 7.79. The Hall–Kier alpha value is -1.92. The van der Waals surface area contributed by atoms with Gasteiger partial charge in [-0.15, -0.1) is 0 Å². The lowest BCUT2D eigenvalue weighted by atomic mass is 10.1. The molecule has 0 bridgehead atoms. The summed E-state index contributed by atoms with van der Waals surface area (Å²) in [6.45, 7) is 5.74. The van der Waals surface area contributed by atoms with E-state index in [2.05, 4.69) is 20.9 Å². The molecule has 4 nitrogen and oxygen atoms in total. The van der Waals surface area contributed by atoms with Crippen molar-refractivity contribution in [2.45, 2.75) is 26.8 Å². The van der Waals surface area contributed by atoms with E-state index in [9.17, 15) is 9.18 Å². The van der Waals surface area contributed by atoms with E-state index in [0.717, 1.165) is 0 Å². The minimum Gasteiger partial charge on any atom is -0.398 e. The molecule has 0 saturated heterocycles. The fourth-order valence-corrected chi connectivity index (χ4v) is 3.05. The van der Waals surface area contributed by atoms with E-state index in [0.29, 0.717) is 31.8 Å². The molecule has 7 heteroatoms. The topological polar surface area (TPSA) is 60.9 Å². The molecule has 2 aromatic carbocycles. The van der Waals surface area contributed by atoms with Gasteiger partial charge in [0, 0.05) is 20.7 Å². The number of anilines is 1. The second kappa shape index (κ2) is 7.97. The number of benzene rings is 2. The third kappa shape index (κ3) is 3.85. The van der Waals surface area contributed by atoms with Crippen molar-refractivity contribution in [1.82, 2.24) is 9.55 Å². The summed E-state index contributed by atoms with van der Waals surface area (Å²) in [5.41, 5.74) is 7.48. The molecule has 0 saturated carbocycles. The lowest BCUT2D eigenvalue weighted by Gasteiger charge is -2.19. The van der Waals surface area contributed by atoms with Crippen LogP contribution in [0, 0.1) is 5.82 Å². The highest BCUT2D eigenvalue weighted by atomic mass is 79.9. The van der Waals surface area contributed by atoms with Gasteiger partial charge in [-0.25, -0.2) is 9.37 Å². The maximum absolute atomic E-state index is 14.2. The number of fused-ring (bicyclic) bond motifs is 1. The SMILES string of the molecule is CC.CC(c1cc(Cl)ccc1F)n1c(=O)cnc2cc(N)c(Br)cc21. The fourth-order valence-electron chi connectivity index (χ4n) is 2.54. The molecule has 0 fully saturated rings. The summed E-state index contributed by atoms with van der Waals surface area (Å²) in [7, 11) is 0. The molecule has 1 aromatic heterocycles. The van der Waals surface area contributed by atoms with Crippen LogP contribution in [-0.4, -0.2) is 9.55 Å². The molecule has 1 unspecified atom stereocenters. The van der Waals surface area contributed by atoms with Gasteiger partial charge in [0.05, 0.1) is 23.3 Å². The Kier molecular flexibility index (Phi) is 6.19. The Bertz CT molecular complexity index is 974. The molecule has 3 rings (SSSR count). The summed E-state index contributed by atoms with van der Waals surface area (Å²) in [6.07, 6.45) is 1.20. The van der Waals surface area contributed by atoms with Gasteiger partial charge < -0.3 is 5.73 Å². The summed E-state index contributed by atoms with van der Waals surface area (Å²) in [5, 5.41) is 0.407. The molecule has 1 heterocycles. The normalized spacial score (nSPS) is 11.8. The predicted molar refractivity (Wildman–Crippen MR) is 105 cm³/mol. The third-order valence-electron chi connectivity index (χ3n) is 3.70. The number of halogens is 3. The molecule has 0 aliphatic heterocycles. The highest BCUT2D eigenvalue weighted by molar-refractivity contribution is 9.10. The average molecular weight is 427 g/mol. The lowest BCUT2D eigenvalue weighted by molar-refractivity contribution is 0.556. The number of rotatable bonds is 2. The Morgan fingerprint density at radius 1 is 1.28 bits per heavy atom. The van der Waals surface area contributed by atoms with Crippen molar-refractivity contribution in [2.75, 3.05) is 5.73 Å². The Morgan fingerprint density at radius 3 is 2.64 bits per heavy atom. The fraction of sp³-hybridized carbons (Fsp3) is 0.222. The zero-order valence-electron chi connectivity index (χ0n) is 14.1. The van der Waals surface area contributed by atoms with Gasteiger partial charge in [-0.05, 0) is 53.2 Å². The smallest absolute Gasteiger partial charge is 0.270 e. The molecule has 0 radical (unpaired) electrons. The molecule has 0 aliphatic rings. The molecule has 25 heavy (non-hydrogen) atoms. The molecular weight excluding hydrogens is 409 g/mol. The van der Waals surface area contributed by atoms with Crippen molar-refractivity contribution in [3.63, 3.8) is 0 Å². The molecule has 3 aromatic rings. The van der Waals surface area contributed by atoms with E-state index < -0.39 is 11.9 Å². The van der Waals surface area contributed by atoms with Crippen molar-refractivity contribution in [3.8, 4) is 0 Å². The van der Waals surface area contributed by atoms with Crippen LogP contribution in [0.4, 0.5) is 10.1 Å². The maximum atomic E-state index is 14.2. The van der Waals surface area contributed by atoms with Gasteiger partial charge in [0.1, 0.15) is 5.82 Å². The third-order valence-corrected chi connectivity index (χ3v) is 4.62. The molecule has 132 valence electrons. The van der Waals surface area contributed by atoms with Gasteiger partial charge in [-0.2, -0.15) is 0 Å². The van der Waals surface area contributed by atoms with Gasteiger partial charge >= 0.3 is 0 Å². The van der Waals surface area contributed by atoms with Crippen LogP contribution in [0.2, 0.25) is 5.02 Å². The van der Waals surface area contributed by atoms with Crippen LogP contribution in [0.25, 0.3) is 11.0 Å². The number of hydrogen-bond acceptors (Lipinski definition) is 3. The summed E-state index contributed by atoms with van der Waals surface area (Å²) < 4.78 is 16.3. The summed E-state index contributed by atoms with van der Waals surface area (Å²) in [6, 6.07) is 7.09. The summed E-state index contributed by atoms with van der Waals surface area (Å²) >= 11 is 9.31. The second-order valence-corrected chi connectivity index (χ2v) is 6.46. The number of hydrogen-bond donors (Lipinski definition) is 1. The molecule has 0 spiro atoms. The molecule has 1 atom stereocenters. The van der Waals surface area contributed by atoms with E-state index in [4.69, 9.17) is 17.3 Å². The van der Waals surface area contributed by atoms with E-state index >= 15 is 0 Å². The van der Waals surface area contributed by atoms with E-state index in [1.807, 2.05) is 13.8 Å². The van der Waals surface area contributed by atoms with Crippen LogP contribution in [-0.2, 0) is 0 Å². The van der Waals surface area contributed by atoms with Gasteiger partial charge in [0.2, 0.25) is 0 Å². The van der Waals surface area contributed by atoms with Crippen LogP contribution in [0.5, 0.6) is 0 Å². The van der Waals surface area contributed by atoms with Gasteiger partial charge in [-0.1, -0.05) is 25.4 Å². The van der Waals surface area contributed by atoms with E-state index in [-0.39, 0.29) is 5.56 Å². The largest absolute Gasteiger partial charge is 0.398 e.